The van der Waals surface area contributed by atoms with Crippen LogP contribution in [0.4, 0.5) is 0 Å². The van der Waals surface area contributed by atoms with Gasteiger partial charge in [0.15, 0.2) is 0 Å². The number of aryl methyl sites for hydroxylation is 4. The number of rotatable bonds is 4. The third-order valence-electron chi connectivity index (χ3n) is 5.45. The zero-order valence-electron chi connectivity index (χ0n) is 14.4. The van der Waals surface area contributed by atoms with Crippen LogP contribution in [0.25, 0.3) is 0 Å². The maximum atomic E-state index is 12.4. The van der Waals surface area contributed by atoms with Gasteiger partial charge >= 0.3 is 0 Å². The van der Waals surface area contributed by atoms with Crippen LogP contribution in [0.15, 0.2) is 15.4 Å². The summed E-state index contributed by atoms with van der Waals surface area (Å²) in [7, 11) is 0. The lowest BCUT2D eigenvalue weighted by molar-refractivity contribution is 0.215. The summed E-state index contributed by atoms with van der Waals surface area (Å²) in [4.78, 5) is 14.8. The summed E-state index contributed by atoms with van der Waals surface area (Å²) in [6.45, 7) is 6.52. The molecule has 2 aliphatic rings. The number of hydrogen-bond donors (Lipinski definition) is 0. The third kappa shape index (κ3) is 2.79. The molecule has 6 nitrogen and oxygen atoms in total. The molecular formula is C18H24N4O2. The molecule has 128 valence electrons. The molecule has 1 aliphatic carbocycles. The normalized spacial score (nSPS) is 20.7. The molecule has 0 N–H and O–H groups in total. The summed E-state index contributed by atoms with van der Waals surface area (Å²) in [5.74, 6) is 0.894. The second-order valence-corrected chi connectivity index (χ2v) is 7.06. The Morgan fingerprint density at radius 3 is 2.96 bits per heavy atom. The van der Waals surface area contributed by atoms with Crippen molar-refractivity contribution < 1.29 is 4.52 Å². The van der Waals surface area contributed by atoms with Gasteiger partial charge in [-0.15, -0.1) is 0 Å². The smallest absolute Gasteiger partial charge is 0.267 e. The van der Waals surface area contributed by atoms with Crippen molar-refractivity contribution in [1.29, 1.82) is 0 Å². The van der Waals surface area contributed by atoms with E-state index in [-0.39, 0.29) is 5.56 Å². The van der Waals surface area contributed by atoms with Crippen LogP contribution < -0.4 is 5.56 Å². The van der Waals surface area contributed by atoms with Crippen LogP contribution in [-0.2, 0) is 25.9 Å². The molecule has 6 heteroatoms. The van der Waals surface area contributed by atoms with Crippen LogP contribution in [-0.4, -0.2) is 32.4 Å². The van der Waals surface area contributed by atoms with Crippen molar-refractivity contribution in [3.63, 3.8) is 0 Å². The fraction of sp³-hybridized carbons (Fsp3) is 0.611. The highest BCUT2D eigenvalue weighted by Gasteiger charge is 2.28. The van der Waals surface area contributed by atoms with Gasteiger partial charge < -0.3 is 4.52 Å². The van der Waals surface area contributed by atoms with E-state index in [4.69, 9.17) is 4.52 Å². The first-order chi connectivity index (χ1) is 11.6. The van der Waals surface area contributed by atoms with E-state index >= 15 is 0 Å². The Kier molecular flexibility index (Phi) is 4.00. The van der Waals surface area contributed by atoms with Crippen molar-refractivity contribution in [2.45, 2.75) is 65.1 Å². The molecule has 1 fully saturated rings. The minimum atomic E-state index is 0.0415. The predicted molar refractivity (Wildman–Crippen MR) is 89.9 cm³/mol. The average Bonchev–Trinajstić information content (AvgIpc) is 3.25. The summed E-state index contributed by atoms with van der Waals surface area (Å²) in [6, 6.07) is 2.14. The second-order valence-electron chi connectivity index (χ2n) is 7.06. The fourth-order valence-corrected chi connectivity index (χ4v) is 4.01. The van der Waals surface area contributed by atoms with E-state index in [1.54, 1.807) is 10.7 Å². The van der Waals surface area contributed by atoms with Crippen molar-refractivity contribution in [1.82, 2.24) is 19.8 Å². The van der Waals surface area contributed by atoms with Crippen LogP contribution in [0.5, 0.6) is 0 Å². The zero-order chi connectivity index (χ0) is 16.7. The van der Waals surface area contributed by atoms with Gasteiger partial charge in [0.25, 0.3) is 5.56 Å². The van der Waals surface area contributed by atoms with Gasteiger partial charge in [-0.25, -0.2) is 4.68 Å². The molecule has 0 aromatic carbocycles. The van der Waals surface area contributed by atoms with E-state index in [0.717, 1.165) is 67.9 Å². The van der Waals surface area contributed by atoms with Crippen molar-refractivity contribution >= 4 is 0 Å². The van der Waals surface area contributed by atoms with E-state index in [1.165, 1.54) is 5.56 Å². The summed E-state index contributed by atoms with van der Waals surface area (Å²) in [5, 5.41) is 8.68. The molecule has 4 rings (SSSR count). The van der Waals surface area contributed by atoms with Gasteiger partial charge in [0.1, 0.15) is 5.76 Å². The topological polar surface area (TPSA) is 64.2 Å². The summed E-state index contributed by atoms with van der Waals surface area (Å²) in [6.07, 6.45) is 5.39. The van der Waals surface area contributed by atoms with Gasteiger partial charge in [0.05, 0.1) is 17.9 Å². The highest BCUT2D eigenvalue weighted by atomic mass is 16.5. The van der Waals surface area contributed by atoms with Gasteiger partial charge in [-0.1, -0.05) is 5.16 Å². The molecule has 1 unspecified atom stereocenters. The van der Waals surface area contributed by atoms with Crippen molar-refractivity contribution in [3.05, 3.63) is 44.7 Å². The van der Waals surface area contributed by atoms with Crippen LogP contribution in [0.3, 0.4) is 0 Å². The summed E-state index contributed by atoms with van der Waals surface area (Å²) >= 11 is 0. The molecule has 0 bridgehead atoms. The third-order valence-corrected chi connectivity index (χ3v) is 5.45. The largest absolute Gasteiger partial charge is 0.361 e. The average molecular weight is 328 g/mol. The Hall–Kier alpha value is -1.95. The highest BCUT2D eigenvalue weighted by molar-refractivity contribution is 5.23. The van der Waals surface area contributed by atoms with Gasteiger partial charge in [0, 0.05) is 24.2 Å². The number of aromatic nitrogens is 3. The Morgan fingerprint density at radius 1 is 1.29 bits per heavy atom. The standard InChI is InChI=1S/C18H24N4O2/c1-12-16(13(2)24-20-12)11-21-8-4-6-15(21)10-22-18(23)9-14-5-3-7-17(14)19-22/h9,15H,3-8,10-11H2,1-2H3. The van der Waals surface area contributed by atoms with Gasteiger partial charge in [0.2, 0.25) is 0 Å². The number of hydrogen-bond acceptors (Lipinski definition) is 5. The Labute approximate surface area is 141 Å². The van der Waals surface area contributed by atoms with E-state index < -0.39 is 0 Å². The van der Waals surface area contributed by atoms with Crippen molar-refractivity contribution in [2.24, 2.45) is 0 Å². The maximum Gasteiger partial charge on any atom is 0.267 e. The van der Waals surface area contributed by atoms with Crippen LogP contribution in [0.1, 0.15) is 47.5 Å². The van der Waals surface area contributed by atoms with E-state index in [1.807, 2.05) is 13.8 Å². The number of likely N-dealkylation sites (tertiary alicyclic amines) is 1. The molecule has 0 amide bonds. The van der Waals surface area contributed by atoms with Crippen LogP contribution in [0.2, 0.25) is 0 Å². The van der Waals surface area contributed by atoms with Gasteiger partial charge in [-0.05, 0) is 58.1 Å². The van der Waals surface area contributed by atoms with E-state index in [2.05, 4.69) is 15.2 Å². The predicted octanol–water partition coefficient (Wildman–Crippen LogP) is 2.00. The zero-order valence-corrected chi connectivity index (χ0v) is 14.4. The first-order valence-corrected chi connectivity index (χ1v) is 8.87. The maximum absolute atomic E-state index is 12.4. The highest BCUT2D eigenvalue weighted by Crippen LogP contribution is 2.24. The quantitative estimate of drug-likeness (QED) is 0.859. The minimum Gasteiger partial charge on any atom is -0.361 e. The number of fused-ring (bicyclic) bond motifs is 1. The van der Waals surface area contributed by atoms with E-state index in [9.17, 15) is 4.79 Å². The molecule has 0 spiro atoms. The number of nitrogens with zero attached hydrogens (tertiary/aromatic N) is 4. The SMILES string of the molecule is Cc1noc(C)c1CN1CCCC1Cn1nc2c(cc1=O)CCC2. The van der Waals surface area contributed by atoms with Crippen LogP contribution >= 0.6 is 0 Å². The van der Waals surface area contributed by atoms with Gasteiger partial charge in [-0.3, -0.25) is 9.69 Å². The lowest BCUT2D eigenvalue weighted by Gasteiger charge is -2.24. The van der Waals surface area contributed by atoms with Crippen molar-refractivity contribution in [2.75, 3.05) is 6.54 Å². The molecular weight excluding hydrogens is 304 g/mol. The molecule has 3 heterocycles. The fourth-order valence-electron chi connectivity index (χ4n) is 4.01. The monoisotopic (exact) mass is 328 g/mol. The first-order valence-electron chi connectivity index (χ1n) is 8.87. The molecule has 24 heavy (non-hydrogen) atoms. The molecule has 0 radical (unpaired) electrons. The van der Waals surface area contributed by atoms with Crippen LogP contribution in [0, 0.1) is 13.8 Å². The molecule has 1 aliphatic heterocycles. The molecule has 1 saturated heterocycles. The minimum absolute atomic E-state index is 0.0415. The molecule has 2 aromatic rings. The van der Waals surface area contributed by atoms with Gasteiger partial charge in [-0.2, -0.15) is 5.10 Å². The van der Waals surface area contributed by atoms with Crippen molar-refractivity contribution in [3.8, 4) is 0 Å². The molecule has 2 aromatic heterocycles. The Balaban J connectivity index is 1.53. The Bertz CT molecular complexity index is 788. The molecule has 0 saturated carbocycles. The summed E-state index contributed by atoms with van der Waals surface area (Å²) < 4.78 is 6.97. The van der Waals surface area contributed by atoms with E-state index in [0.29, 0.717) is 12.6 Å². The second kappa shape index (κ2) is 6.16. The molecule has 1 atom stereocenters. The lowest BCUT2D eigenvalue weighted by Crippen LogP contribution is -2.37. The first kappa shape index (κ1) is 15.6. The Morgan fingerprint density at radius 2 is 2.17 bits per heavy atom. The summed E-state index contributed by atoms with van der Waals surface area (Å²) in [5.41, 5.74) is 4.45. The lowest BCUT2D eigenvalue weighted by atomic mass is 10.1.